The molecule has 2 N–H and O–H groups in total. The molecule has 2 rings (SSSR count). The van der Waals surface area contributed by atoms with E-state index in [9.17, 15) is 0 Å². The number of aromatic nitrogens is 2. The van der Waals surface area contributed by atoms with Crippen LogP contribution in [0.1, 0.15) is 62.7 Å². The Bertz CT molecular complexity index is 400. The fourth-order valence-electron chi connectivity index (χ4n) is 2.54. The molecule has 1 aromatic heterocycles. The Balaban J connectivity index is 2.29. The van der Waals surface area contributed by atoms with Crippen LogP contribution in [-0.2, 0) is 17.6 Å². The first-order valence-corrected chi connectivity index (χ1v) is 7.03. The summed E-state index contributed by atoms with van der Waals surface area (Å²) in [5.74, 6) is 1.44. The van der Waals surface area contributed by atoms with E-state index in [0.29, 0.717) is 12.4 Å². The normalized spacial score (nSPS) is 16.3. The molecule has 100 valence electrons. The summed E-state index contributed by atoms with van der Waals surface area (Å²) < 4.78 is 5.73. The number of nitrogens with zero attached hydrogens (tertiary/aromatic N) is 2. The third-order valence-electron chi connectivity index (χ3n) is 3.44. The number of aryl methyl sites for hydroxylation is 1. The molecule has 0 saturated heterocycles. The van der Waals surface area contributed by atoms with Crippen molar-refractivity contribution in [3.8, 4) is 0 Å². The van der Waals surface area contributed by atoms with Gasteiger partial charge in [-0.05, 0) is 39.0 Å². The number of anilines is 1. The van der Waals surface area contributed by atoms with Crippen LogP contribution in [0.15, 0.2) is 0 Å². The lowest BCUT2D eigenvalue weighted by molar-refractivity contribution is 0.0492. The van der Waals surface area contributed by atoms with E-state index in [1.165, 1.54) is 12.8 Å². The lowest BCUT2D eigenvalue weighted by atomic mass is 9.96. The zero-order valence-electron chi connectivity index (χ0n) is 11.4. The second-order valence-electron chi connectivity index (χ2n) is 4.83. The van der Waals surface area contributed by atoms with Crippen molar-refractivity contribution in [1.82, 2.24) is 9.97 Å². The van der Waals surface area contributed by atoms with Crippen molar-refractivity contribution in [2.75, 3.05) is 12.3 Å². The molecule has 0 aliphatic heterocycles. The molecule has 0 bridgehead atoms. The van der Waals surface area contributed by atoms with Gasteiger partial charge in [0, 0.05) is 17.9 Å². The summed E-state index contributed by atoms with van der Waals surface area (Å²) in [6, 6.07) is 0. The molecular weight excluding hydrogens is 226 g/mol. The maximum Gasteiger partial charge on any atom is 0.159 e. The summed E-state index contributed by atoms with van der Waals surface area (Å²) in [5, 5.41) is 0. The number of hydrogen-bond donors (Lipinski definition) is 1. The lowest BCUT2D eigenvalue weighted by Gasteiger charge is -2.20. The van der Waals surface area contributed by atoms with Crippen molar-refractivity contribution in [3.05, 3.63) is 17.1 Å². The molecule has 0 spiro atoms. The largest absolute Gasteiger partial charge is 0.383 e. The molecule has 4 heteroatoms. The molecule has 1 unspecified atom stereocenters. The first kappa shape index (κ1) is 13.3. The van der Waals surface area contributed by atoms with Crippen LogP contribution >= 0.6 is 0 Å². The fraction of sp³-hybridized carbons (Fsp3) is 0.714. The average Bonchev–Trinajstić information content (AvgIpc) is 2.38. The van der Waals surface area contributed by atoms with E-state index in [0.717, 1.165) is 42.8 Å². The van der Waals surface area contributed by atoms with Gasteiger partial charge < -0.3 is 10.5 Å². The number of hydrogen-bond acceptors (Lipinski definition) is 4. The molecule has 1 heterocycles. The van der Waals surface area contributed by atoms with Crippen LogP contribution < -0.4 is 5.73 Å². The van der Waals surface area contributed by atoms with Gasteiger partial charge in [0.1, 0.15) is 11.9 Å². The van der Waals surface area contributed by atoms with Gasteiger partial charge in [-0.15, -0.1) is 0 Å². The van der Waals surface area contributed by atoms with Gasteiger partial charge in [0.25, 0.3) is 0 Å². The molecule has 0 amide bonds. The number of nitrogens with two attached hydrogens (primary N) is 1. The van der Waals surface area contributed by atoms with Crippen LogP contribution in [0.3, 0.4) is 0 Å². The quantitative estimate of drug-likeness (QED) is 0.871. The van der Waals surface area contributed by atoms with Gasteiger partial charge in [0.2, 0.25) is 0 Å². The van der Waals surface area contributed by atoms with Crippen LogP contribution in [0.2, 0.25) is 0 Å². The van der Waals surface area contributed by atoms with Gasteiger partial charge in [-0.2, -0.15) is 0 Å². The maximum atomic E-state index is 6.07. The predicted molar refractivity (Wildman–Crippen MR) is 72.4 cm³/mol. The highest BCUT2D eigenvalue weighted by molar-refractivity contribution is 5.43. The standard InChI is InChI=1S/C14H23N3O/c1-3-7-12(18-4-2)14-16-11-9-6-5-8-10(11)13(15)17-14/h12H,3-9H2,1-2H3,(H2,15,16,17). The van der Waals surface area contributed by atoms with Crippen molar-refractivity contribution in [3.63, 3.8) is 0 Å². The Morgan fingerprint density at radius 2 is 2.00 bits per heavy atom. The summed E-state index contributed by atoms with van der Waals surface area (Å²) in [6.07, 6.45) is 6.46. The van der Waals surface area contributed by atoms with Gasteiger partial charge in [-0.1, -0.05) is 13.3 Å². The second-order valence-corrected chi connectivity index (χ2v) is 4.83. The minimum absolute atomic E-state index is 0.00507. The van der Waals surface area contributed by atoms with Crippen LogP contribution in [0.5, 0.6) is 0 Å². The van der Waals surface area contributed by atoms with Crippen molar-refractivity contribution < 1.29 is 4.74 Å². The number of nitrogen functional groups attached to an aromatic ring is 1. The topological polar surface area (TPSA) is 61.0 Å². The van der Waals surface area contributed by atoms with Gasteiger partial charge in [0.15, 0.2) is 5.82 Å². The summed E-state index contributed by atoms with van der Waals surface area (Å²) in [4.78, 5) is 9.16. The smallest absolute Gasteiger partial charge is 0.159 e. The highest BCUT2D eigenvalue weighted by Crippen LogP contribution is 2.27. The van der Waals surface area contributed by atoms with Crippen molar-refractivity contribution >= 4 is 5.82 Å². The minimum Gasteiger partial charge on any atom is -0.383 e. The van der Waals surface area contributed by atoms with E-state index in [-0.39, 0.29) is 6.10 Å². The molecule has 1 aliphatic rings. The highest BCUT2D eigenvalue weighted by Gasteiger charge is 2.20. The predicted octanol–water partition coefficient (Wildman–Crippen LogP) is 2.82. The fourth-order valence-corrected chi connectivity index (χ4v) is 2.54. The Morgan fingerprint density at radius 3 is 2.72 bits per heavy atom. The van der Waals surface area contributed by atoms with Crippen molar-refractivity contribution in [2.24, 2.45) is 0 Å². The highest BCUT2D eigenvalue weighted by atomic mass is 16.5. The monoisotopic (exact) mass is 249 g/mol. The van der Waals surface area contributed by atoms with E-state index in [4.69, 9.17) is 15.5 Å². The first-order valence-electron chi connectivity index (χ1n) is 7.03. The number of fused-ring (bicyclic) bond motifs is 1. The third-order valence-corrected chi connectivity index (χ3v) is 3.44. The van der Waals surface area contributed by atoms with Gasteiger partial charge >= 0.3 is 0 Å². The second kappa shape index (κ2) is 6.14. The van der Waals surface area contributed by atoms with E-state index < -0.39 is 0 Å². The molecule has 1 atom stereocenters. The van der Waals surface area contributed by atoms with Gasteiger partial charge in [0.05, 0.1) is 0 Å². The summed E-state index contributed by atoms with van der Waals surface area (Å²) in [5.41, 5.74) is 8.37. The van der Waals surface area contributed by atoms with E-state index in [1.54, 1.807) is 0 Å². The Morgan fingerprint density at radius 1 is 1.22 bits per heavy atom. The minimum atomic E-state index is -0.00507. The first-order chi connectivity index (χ1) is 8.76. The molecule has 0 saturated carbocycles. The van der Waals surface area contributed by atoms with Crippen molar-refractivity contribution in [2.45, 2.75) is 58.5 Å². The van der Waals surface area contributed by atoms with Crippen LogP contribution in [0, 0.1) is 0 Å². The molecule has 1 aromatic rings. The molecule has 1 aliphatic carbocycles. The summed E-state index contributed by atoms with van der Waals surface area (Å²) in [6.45, 7) is 4.84. The van der Waals surface area contributed by atoms with Crippen LogP contribution in [0.4, 0.5) is 5.82 Å². The molecular formula is C14H23N3O. The molecule has 18 heavy (non-hydrogen) atoms. The van der Waals surface area contributed by atoms with E-state index >= 15 is 0 Å². The molecule has 0 radical (unpaired) electrons. The van der Waals surface area contributed by atoms with Gasteiger partial charge in [-0.3, -0.25) is 0 Å². The van der Waals surface area contributed by atoms with Gasteiger partial charge in [-0.25, -0.2) is 9.97 Å². The average molecular weight is 249 g/mol. The Labute approximate surface area is 109 Å². The Kier molecular flexibility index (Phi) is 4.53. The van der Waals surface area contributed by atoms with E-state index in [2.05, 4.69) is 11.9 Å². The zero-order chi connectivity index (χ0) is 13.0. The molecule has 0 fully saturated rings. The van der Waals surface area contributed by atoms with Crippen molar-refractivity contribution in [1.29, 1.82) is 0 Å². The molecule has 0 aromatic carbocycles. The third kappa shape index (κ3) is 2.80. The SMILES string of the molecule is CCCC(OCC)c1nc(N)c2c(n1)CCCC2. The number of ether oxygens (including phenoxy) is 1. The van der Waals surface area contributed by atoms with Crippen LogP contribution in [0.25, 0.3) is 0 Å². The van der Waals surface area contributed by atoms with E-state index in [1.807, 2.05) is 6.92 Å². The summed E-state index contributed by atoms with van der Waals surface area (Å²) >= 11 is 0. The Hall–Kier alpha value is -1.16. The zero-order valence-corrected chi connectivity index (χ0v) is 11.4. The number of rotatable bonds is 5. The molecule has 4 nitrogen and oxygen atoms in total. The lowest BCUT2D eigenvalue weighted by Crippen LogP contribution is -2.16. The maximum absolute atomic E-state index is 6.07. The summed E-state index contributed by atoms with van der Waals surface area (Å²) in [7, 11) is 0. The van der Waals surface area contributed by atoms with Crippen LogP contribution in [-0.4, -0.2) is 16.6 Å².